The standard InChI is InChI=1S/C13H12ClNO2/c1-9(14)11-7-8-12(17-11)13(16)15-10-5-3-2-4-6-10/h2-9H,1H3,(H,15,16). The SMILES string of the molecule is CC(Cl)c1ccc(C(=O)Nc2ccccc2)o1. The van der Waals surface area contributed by atoms with Crippen molar-refractivity contribution in [3.05, 3.63) is 54.0 Å². The van der Waals surface area contributed by atoms with Crippen molar-refractivity contribution in [3.8, 4) is 0 Å². The molecule has 1 aromatic carbocycles. The number of para-hydroxylation sites is 1. The zero-order valence-corrected chi connectivity index (χ0v) is 10.1. The van der Waals surface area contributed by atoms with Crippen molar-refractivity contribution in [1.29, 1.82) is 0 Å². The van der Waals surface area contributed by atoms with Crippen LogP contribution in [0.3, 0.4) is 0 Å². The van der Waals surface area contributed by atoms with Crippen LogP contribution in [0.2, 0.25) is 0 Å². The highest BCUT2D eigenvalue weighted by Gasteiger charge is 2.13. The fourth-order valence-electron chi connectivity index (χ4n) is 1.40. The van der Waals surface area contributed by atoms with Crippen LogP contribution in [0.25, 0.3) is 0 Å². The first kappa shape index (κ1) is 11.7. The van der Waals surface area contributed by atoms with E-state index in [1.165, 1.54) is 0 Å². The Bertz CT molecular complexity index is 505. The van der Waals surface area contributed by atoms with E-state index in [0.717, 1.165) is 5.69 Å². The molecule has 0 saturated carbocycles. The lowest BCUT2D eigenvalue weighted by atomic mass is 10.3. The minimum Gasteiger partial charge on any atom is -0.454 e. The molecule has 1 amide bonds. The van der Waals surface area contributed by atoms with E-state index in [1.807, 2.05) is 30.3 Å². The number of halogens is 1. The predicted octanol–water partition coefficient (Wildman–Crippen LogP) is 3.83. The Labute approximate surface area is 104 Å². The van der Waals surface area contributed by atoms with Gasteiger partial charge in [0.1, 0.15) is 5.76 Å². The van der Waals surface area contributed by atoms with Gasteiger partial charge in [-0.25, -0.2) is 0 Å². The normalized spacial score (nSPS) is 12.1. The molecule has 2 aromatic rings. The van der Waals surface area contributed by atoms with Crippen molar-refractivity contribution in [2.24, 2.45) is 0 Å². The molecule has 1 atom stereocenters. The second-order valence-corrected chi connectivity index (χ2v) is 4.29. The summed E-state index contributed by atoms with van der Waals surface area (Å²) in [5, 5.41) is 2.49. The van der Waals surface area contributed by atoms with Crippen LogP contribution in [0.1, 0.15) is 28.6 Å². The Morgan fingerprint density at radius 1 is 1.24 bits per heavy atom. The third kappa shape index (κ3) is 2.88. The second kappa shape index (κ2) is 5.06. The second-order valence-electron chi connectivity index (χ2n) is 3.64. The van der Waals surface area contributed by atoms with E-state index in [9.17, 15) is 4.79 Å². The van der Waals surface area contributed by atoms with Crippen LogP contribution < -0.4 is 5.32 Å². The van der Waals surface area contributed by atoms with Crippen LogP contribution in [0.5, 0.6) is 0 Å². The molecule has 1 unspecified atom stereocenters. The first-order chi connectivity index (χ1) is 8.16. The summed E-state index contributed by atoms with van der Waals surface area (Å²) in [7, 11) is 0. The minimum atomic E-state index is -0.278. The summed E-state index contributed by atoms with van der Waals surface area (Å²) in [6.07, 6.45) is 0. The molecule has 0 aliphatic heterocycles. The molecule has 3 nitrogen and oxygen atoms in total. The molecule has 0 fully saturated rings. The molecule has 4 heteroatoms. The van der Waals surface area contributed by atoms with Crippen LogP contribution in [-0.4, -0.2) is 5.91 Å². The van der Waals surface area contributed by atoms with Crippen molar-refractivity contribution in [2.75, 3.05) is 5.32 Å². The number of anilines is 1. The van der Waals surface area contributed by atoms with Crippen molar-refractivity contribution in [1.82, 2.24) is 0 Å². The van der Waals surface area contributed by atoms with Gasteiger partial charge in [0.25, 0.3) is 5.91 Å². The molecule has 0 aliphatic rings. The molecule has 1 N–H and O–H groups in total. The molecule has 0 spiro atoms. The van der Waals surface area contributed by atoms with E-state index in [2.05, 4.69) is 5.32 Å². The summed E-state index contributed by atoms with van der Waals surface area (Å²) in [5.41, 5.74) is 0.731. The number of amides is 1. The maximum Gasteiger partial charge on any atom is 0.291 e. The molecule has 2 rings (SSSR count). The summed E-state index contributed by atoms with van der Waals surface area (Å²) < 4.78 is 5.34. The van der Waals surface area contributed by atoms with Gasteiger partial charge in [-0.15, -0.1) is 11.6 Å². The quantitative estimate of drug-likeness (QED) is 0.840. The van der Waals surface area contributed by atoms with Gasteiger partial charge in [0.2, 0.25) is 0 Å². The number of alkyl halides is 1. The first-order valence-electron chi connectivity index (χ1n) is 5.27. The number of rotatable bonds is 3. The Hall–Kier alpha value is -1.74. The molecule has 1 aromatic heterocycles. The highest BCUT2D eigenvalue weighted by molar-refractivity contribution is 6.20. The topological polar surface area (TPSA) is 42.2 Å². The summed E-state index contributed by atoms with van der Waals surface area (Å²) >= 11 is 5.86. The van der Waals surface area contributed by atoms with Gasteiger partial charge in [-0.2, -0.15) is 0 Å². The van der Waals surface area contributed by atoms with Gasteiger partial charge in [-0.3, -0.25) is 4.79 Å². The first-order valence-corrected chi connectivity index (χ1v) is 5.70. The smallest absolute Gasteiger partial charge is 0.291 e. The largest absolute Gasteiger partial charge is 0.454 e. The molecule has 0 saturated heterocycles. The summed E-state index contributed by atoms with van der Waals surface area (Å²) in [6, 6.07) is 12.5. The highest BCUT2D eigenvalue weighted by Crippen LogP contribution is 2.22. The summed E-state index contributed by atoms with van der Waals surface area (Å²) in [6.45, 7) is 1.79. The van der Waals surface area contributed by atoms with Crippen molar-refractivity contribution in [3.63, 3.8) is 0 Å². The van der Waals surface area contributed by atoms with E-state index in [0.29, 0.717) is 5.76 Å². The fourth-order valence-corrected chi connectivity index (χ4v) is 1.52. The lowest BCUT2D eigenvalue weighted by Crippen LogP contribution is -2.10. The van der Waals surface area contributed by atoms with Crippen LogP contribution in [0, 0.1) is 0 Å². The number of nitrogens with one attached hydrogen (secondary N) is 1. The van der Waals surface area contributed by atoms with E-state index >= 15 is 0 Å². The number of hydrogen-bond donors (Lipinski definition) is 1. The number of furan rings is 1. The maximum atomic E-state index is 11.8. The van der Waals surface area contributed by atoms with Gasteiger partial charge < -0.3 is 9.73 Å². The van der Waals surface area contributed by atoms with Crippen LogP contribution in [-0.2, 0) is 0 Å². The Kier molecular flexibility index (Phi) is 3.49. The van der Waals surface area contributed by atoms with Gasteiger partial charge in [-0.05, 0) is 31.2 Å². The zero-order valence-electron chi connectivity index (χ0n) is 9.31. The third-order valence-electron chi connectivity index (χ3n) is 2.27. The highest BCUT2D eigenvalue weighted by atomic mass is 35.5. The zero-order chi connectivity index (χ0) is 12.3. The molecule has 17 heavy (non-hydrogen) atoms. The molecule has 0 bridgehead atoms. The number of carbonyl (C=O) groups is 1. The Morgan fingerprint density at radius 2 is 1.94 bits per heavy atom. The number of hydrogen-bond acceptors (Lipinski definition) is 2. The van der Waals surface area contributed by atoms with Crippen molar-refractivity contribution >= 4 is 23.2 Å². The van der Waals surface area contributed by atoms with Gasteiger partial charge in [0.15, 0.2) is 5.76 Å². The van der Waals surface area contributed by atoms with Gasteiger partial charge in [0, 0.05) is 5.69 Å². The van der Waals surface area contributed by atoms with Crippen LogP contribution in [0.15, 0.2) is 46.9 Å². The third-order valence-corrected chi connectivity index (χ3v) is 2.49. The average Bonchev–Trinajstić information content (AvgIpc) is 2.79. The lowest BCUT2D eigenvalue weighted by Gasteiger charge is -2.02. The van der Waals surface area contributed by atoms with Crippen molar-refractivity contribution in [2.45, 2.75) is 12.3 Å². The van der Waals surface area contributed by atoms with Gasteiger partial charge >= 0.3 is 0 Å². The summed E-state index contributed by atoms with van der Waals surface area (Å²) in [4.78, 5) is 11.8. The number of carbonyl (C=O) groups excluding carboxylic acids is 1. The number of benzene rings is 1. The van der Waals surface area contributed by atoms with Crippen LogP contribution >= 0.6 is 11.6 Å². The Balaban J connectivity index is 2.10. The molecular weight excluding hydrogens is 238 g/mol. The fraction of sp³-hybridized carbons (Fsp3) is 0.154. The van der Waals surface area contributed by atoms with E-state index in [-0.39, 0.29) is 17.0 Å². The van der Waals surface area contributed by atoms with Gasteiger partial charge in [-0.1, -0.05) is 18.2 Å². The maximum absolute atomic E-state index is 11.8. The van der Waals surface area contributed by atoms with Crippen molar-refractivity contribution < 1.29 is 9.21 Å². The van der Waals surface area contributed by atoms with Crippen LogP contribution in [0.4, 0.5) is 5.69 Å². The monoisotopic (exact) mass is 249 g/mol. The molecular formula is C13H12ClNO2. The Morgan fingerprint density at radius 3 is 2.53 bits per heavy atom. The predicted molar refractivity (Wildman–Crippen MR) is 67.4 cm³/mol. The molecule has 1 heterocycles. The molecule has 88 valence electrons. The summed E-state index contributed by atoms with van der Waals surface area (Å²) in [5.74, 6) is 0.570. The van der Waals surface area contributed by atoms with Gasteiger partial charge in [0.05, 0.1) is 5.38 Å². The molecule has 0 aliphatic carbocycles. The molecule has 0 radical (unpaired) electrons. The van der Waals surface area contributed by atoms with E-state index in [1.54, 1.807) is 19.1 Å². The van der Waals surface area contributed by atoms with E-state index < -0.39 is 0 Å². The van der Waals surface area contributed by atoms with E-state index in [4.69, 9.17) is 16.0 Å². The minimum absolute atomic E-state index is 0.242. The average molecular weight is 250 g/mol. The lowest BCUT2D eigenvalue weighted by molar-refractivity contribution is 0.0995.